The van der Waals surface area contributed by atoms with E-state index in [1.165, 1.54) is 0 Å². The highest BCUT2D eigenvalue weighted by atomic mass is 15.2. The standard InChI is InChI=1S/C17H17N7/c1-13-4-2-5-18-15(13)19-7-10-23-11-8-21-16(23)14-12-22-24-9-3-6-20-17(14)24/h2-6,8-9,11-12H,7,10H2,1H3,(H,18,19). The third kappa shape index (κ3) is 2.60. The fraction of sp³-hybridized carbons (Fsp3) is 0.176. The lowest BCUT2D eigenvalue weighted by Gasteiger charge is -2.10. The smallest absolute Gasteiger partial charge is 0.165 e. The summed E-state index contributed by atoms with van der Waals surface area (Å²) >= 11 is 0. The number of imidazole rings is 1. The van der Waals surface area contributed by atoms with Crippen LogP contribution in [-0.2, 0) is 6.54 Å². The van der Waals surface area contributed by atoms with Crippen LogP contribution in [-0.4, -0.2) is 35.7 Å². The lowest BCUT2D eigenvalue weighted by atomic mass is 10.3. The molecule has 0 aromatic carbocycles. The van der Waals surface area contributed by atoms with E-state index in [4.69, 9.17) is 0 Å². The maximum atomic E-state index is 4.48. The summed E-state index contributed by atoms with van der Waals surface area (Å²) in [6.45, 7) is 3.58. The summed E-state index contributed by atoms with van der Waals surface area (Å²) in [5.74, 6) is 1.78. The first-order valence-electron chi connectivity index (χ1n) is 7.78. The van der Waals surface area contributed by atoms with Gasteiger partial charge in [-0.25, -0.2) is 19.5 Å². The Morgan fingerprint density at radius 3 is 2.88 bits per heavy atom. The highest BCUT2D eigenvalue weighted by Gasteiger charge is 2.12. The molecule has 0 saturated carbocycles. The molecular formula is C17H17N7. The largest absolute Gasteiger partial charge is 0.368 e. The molecule has 0 saturated heterocycles. The van der Waals surface area contributed by atoms with Crippen LogP contribution >= 0.6 is 0 Å². The molecule has 0 aliphatic carbocycles. The van der Waals surface area contributed by atoms with Gasteiger partial charge in [-0.05, 0) is 24.6 Å². The third-order valence-corrected chi connectivity index (χ3v) is 3.89. The van der Waals surface area contributed by atoms with E-state index in [0.29, 0.717) is 0 Å². The van der Waals surface area contributed by atoms with E-state index in [-0.39, 0.29) is 0 Å². The number of rotatable bonds is 5. The number of nitrogens with zero attached hydrogens (tertiary/aromatic N) is 6. The van der Waals surface area contributed by atoms with Crippen molar-refractivity contribution >= 4 is 11.5 Å². The van der Waals surface area contributed by atoms with Crippen molar-refractivity contribution in [2.45, 2.75) is 13.5 Å². The van der Waals surface area contributed by atoms with E-state index >= 15 is 0 Å². The van der Waals surface area contributed by atoms with E-state index in [2.05, 4.69) is 29.9 Å². The van der Waals surface area contributed by atoms with E-state index in [0.717, 1.165) is 41.5 Å². The van der Waals surface area contributed by atoms with Gasteiger partial charge in [0, 0.05) is 44.1 Å². The van der Waals surface area contributed by atoms with Gasteiger partial charge in [-0.2, -0.15) is 5.10 Å². The average molecular weight is 319 g/mol. The Balaban J connectivity index is 1.54. The second kappa shape index (κ2) is 6.11. The minimum Gasteiger partial charge on any atom is -0.368 e. The summed E-state index contributed by atoms with van der Waals surface area (Å²) in [6, 6.07) is 5.84. The molecule has 0 bridgehead atoms. The molecule has 120 valence electrons. The van der Waals surface area contributed by atoms with Crippen LogP contribution in [0, 0.1) is 6.92 Å². The van der Waals surface area contributed by atoms with Gasteiger partial charge >= 0.3 is 0 Å². The predicted molar refractivity (Wildman–Crippen MR) is 91.7 cm³/mol. The minimum atomic E-state index is 0.758. The summed E-state index contributed by atoms with van der Waals surface area (Å²) in [6.07, 6.45) is 11.0. The Labute approximate surface area is 139 Å². The van der Waals surface area contributed by atoms with Crippen molar-refractivity contribution < 1.29 is 0 Å². The van der Waals surface area contributed by atoms with Crippen LogP contribution in [0.1, 0.15) is 5.56 Å². The Bertz CT molecular complexity index is 970. The van der Waals surface area contributed by atoms with E-state index < -0.39 is 0 Å². The normalized spacial score (nSPS) is 11.0. The van der Waals surface area contributed by atoms with Gasteiger partial charge < -0.3 is 9.88 Å². The molecule has 4 heterocycles. The van der Waals surface area contributed by atoms with Crippen LogP contribution in [0.15, 0.2) is 55.4 Å². The lowest BCUT2D eigenvalue weighted by molar-refractivity contribution is 0.733. The predicted octanol–water partition coefficient (Wildman–Crippen LogP) is 2.41. The van der Waals surface area contributed by atoms with Crippen LogP contribution in [0.5, 0.6) is 0 Å². The molecule has 0 radical (unpaired) electrons. The molecule has 0 amide bonds. The van der Waals surface area contributed by atoms with Crippen LogP contribution in [0.3, 0.4) is 0 Å². The SMILES string of the molecule is Cc1cccnc1NCCn1ccnc1-c1cnn2cccnc12. The monoisotopic (exact) mass is 319 g/mol. The highest BCUT2D eigenvalue weighted by molar-refractivity contribution is 5.72. The molecule has 0 fully saturated rings. The Kier molecular flexibility index (Phi) is 3.66. The van der Waals surface area contributed by atoms with Gasteiger partial charge in [-0.3, -0.25) is 0 Å². The Hall–Kier alpha value is -3.22. The molecule has 1 N–H and O–H groups in total. The topological polar surface area (TPSA) is 72.9 Å². The highest BCUT2D eigenvalue weighted by Crippen LogP contribution is 2.21. The molecular weight excluding hydrogens is 302 g/mol. The molecule has 0 aliphatic heterocycles. The van der Waals surface area contributed by atoms with Crippen molar-refractivity contribution in [3.05, 3.63) is 60.9 Å². The lowest BCUT2D eigenvalue weighted by Crippen LogP contribution is -2.12. The molecule has 24 heavy (non-hydrogen) atoms. The zero-order valence-corrected chi connectivity index (χ0v) is 13.3. The Morgan fingerprint density at radius 1 is 1.04 bits per heavy atom. The first-order chi connectivity index (χ1) is 11.8. The number of aryl methyl sites for hydroxylation is 1. The number of hydrogen-bond donors (Lipinski definition) is 1. The first kappa shape index (κ1) is 14.4. The number of pyridine rings is 1. The van der Waals surface area contributed by atoms with E-state index in [1.807, 2.05) is 37.5 Å². The molecule has 4 aromatic heterocycles. The van der Waals surface area contributed by atoms with E-state index in [9.17, 15) is 0 Å². The van der Waals surface area contributed by atoms with Crippen molar-refractivity contribution in [2.24, 2.45) is 0 Å². The Morgan fingerprint density at radius 2 is 1.96 bits per heavy atom. The summed E-state index contributed by atoms with van der Waals surface area (Å²) in [5.41, 5.74) is 2.86. The minimum absolute atomic E-state index is 0.758. The second-order valence-corrected chi connectivity index (χ2v) is 5.49. The number of aromatic nitrogens is 6. The fourth-order valence-corrected chi connectivity index (χ4v) is 2.68. The first-order valence-corrected chi connectivity index (χ1v) is 7.78. The zero-order chi connectivity index (χ0) is 16.4. The molecule has 0 unspecified atom stereocenters. The van der Waals surface area contributed by atoms with Gasteiger partial charge in [-0.1, -0.05) is 6.07 Å². The number of fused-ring (bicyclic) bond motifs is 1. The number of nitrogens with one attached hydrogen (secondary N) is 1. The molecule has 4 aromatic rings. The van der Waals surface area contributed by atoms with Crippen molar-refractivity contribution in [3.63, 3.8) is 0 Å². The number of anilines is 1. The van der Waals surface area contributed by atoms with Gasteiger partial charge in [0.15, 0.2) is 5.65 Å². The summed E-state index contributed by atoms with van der Waals surface area (Å²) in [5, 5.41) is 7.70. The van der Waals surface area contributed by atoms with Gasteiger partial charge in [0.05, 0.1) is 11.8 Å². The average Bonchev–Trinajstić information content (AvgIpc) is 3.23. The molecule has 7 heteroatoms. The zero-order valence-electron chi connectivity index (χ0n) is 13.3. The van der Waals surface area contributed by atoms with E-state index in [1.54, 1.807) is 29.3 Å². The van der Waals surface area contributed by atoms with Crippen molar-refractivity contribution in [1.82, 2.24) is 29.1 Å². The van der Waals surface area contributed by atoms with Crippen molar-refractivity contribution in [1.29, 1.82) is 0 Å². The van der Waals surface area contributed by atoms with Crippen LogP contribution < -0.4 is 5.32 Å². The molecule has 0 spiro atoms. The maximum Gasteiger partial charge on any atom is 0.165 e. The third-order valence-electron chi connectivity index (χ3n) is 3.89. The molecule has 4 rings (SSSR count). The maximum absolute atomic E-state index is 4.48. The van der Waals surface area contributed by atoms with Crippen LogP contribution in [0.2, 0.25) is 0 Å². The van der Waals surface area contributed by atoms with Crippen molar-refractivity contribution in [2.75, 3.05) is 11.9 Å². The van der Waals surface area contributed by atoms with Crippen LogP contribution in [0.25, 0.3) is 17.0 Å². The molecule has 0 aliphatic rings. The van der Waals surface area contributed by atoms with Gasteiger partial charge in [0.1, 0.15) is 11.6 Å². The summed E-state index contributed by atoms with van der Waals surface area (Å²) in [4.78, 5) is 13.2. The molecule has 0 atom stereocenters. The van der Waals surface area contributed by atoms with Gasteiger partial charge in [0.2, 0.25) is 0 Å². The fourth-order valence-electron chi connectivity index (χ4n) is 2.68. The van der Waals surface area contributed by atoms with Gasteiger partial charge in [0.25, 0.3) is 0 Å². The number of hydrogen-bond acceptors (Lipinski definition) is 5. The molecule has 7 nitrogen and oxygen atoms in total. The quantitative estimate of drug-likeness (QED) is 0.611. The van der Waals surface area contributed by atoms with Gasteiger partial charge in [-0.15, -0.1) is 0 Å². The second-order valence-electron chi connectivity index (χ2n) is 5.49. The summed E-state index contributed by atoms with van der Waals surface area (Å²) < 4.78 is 3.85. The summed E-state index contributed by atoms with van der Waals surface area (Å²) in [7, 11) is 0. The van der Waals surface area contributed by atoms with Crippen molar-refractivity contribution in [3.8, 4) is 11.4 Å². The van der Waals surface area contributed by atoms with Crippen LogP contribution in [0.4, 0.5) is 5.82 Å².